The first-order valence-corrected chi connectivity index (χ1v) is 13.4. The lowest BCUT2D eigenvalue weighted by atomic mass is 9.85. The number of likely N-dealkylation sites (tertiary alicyclic amines) is 1. The predicted octanol–water partition coefficient (Wildman–Crippen LogP) is 3.98. The third kappa shape index (κ3) is 7.22. The summed E-state index contributed by atoms with van der Waals surface area (Å²) in [4.78, 5) is 39.2. The highest BCUT2D eigenvalue weighted by molar-refractivity contribution is 5.82. The summed E-state index contributed by atoms with van der Waals surface area (Å²) in [6.07, 6.45) is 4.41. The molecule has 0 saturated carbocycles. The molecule has 39 heavy (non-hydrogen) atoms. The van der Waals surface area contributed by atoms with E-state index in [0.717, 1.165) is 43.5 Å². The van der Waals surface area contributed by atoms with E-state index >= 15 is 0 Å². The standard InChI is InChI=1S/C30H37NO8/c1-35-24-9-7-20(17-26(24)36-2)15-22-19-38-30(34)23(22)16-21-8-10-25(27(18-21)37-3)39-29(33)12-11-28(32)31-13-5-4-6-14-31/h7-10,17-18,22-23H,4-6,11-16,19H2,1-3H3/t22-,23+/m0/s1. The quantitative estimate of drug-likeness (QED) is 0.312. The second-order valence-electron chi connectivity index (χ2n) is 9.99. The zero-order chi connectivity index (χ0) is 27.8. The molecule has 0 N–H and O–H groups in total. The molecule has 2 heterocycles. The number of hydrogen-bond donors (Lipinski definition) is 0. The van der Waals surface area contributed by atoms with E-state index in [9.17, 15) is 14.4 Å². The third-order valence-electron chi connectivity index (χ3n) is 7.42. The largest absolute Gasteiger partial charge is 0.493 e. The Kier molecular flexibility index (Phi) is 9.68. The normalized spacial score (nSPS) is 18.8. The lowest BCUT2D eigenvalue weighted by Gasteiger charge is -2.26. The van der Waals surface area contributed by atoms with Crippen LogP contribution in [0.25, 0.3) is 0 Å². The number of methoxy groups -OCH3 is 3. The number of hydrogen-bond acceptors (Lipinski definition) is 8. The first kappa shape index (κ1) is 28.3. The maximum atomic E-state index is 12.6. The van der Waals surface area contributed by atoms with Crippen molar-refractivity contribution >= 4 is 17.8 Å². The third-order valence-corrected chi connectivity index (χ3v) is 7.42. The molecule has 0 unspecified atom stereocenters. The lowest BCUT2D eigenvalue weighted by molar-refractivity contribution is -0.141. The Morgan fingerprint density at radius 2 is 1.44 bits per heavy atom. The molecule has 0 bridgehead atoms. The van der Waals surface area contributed by atoms with Gasteiger partial charge in [0.05, 0.1) is 40.3 Å². The highest BCUT2D eigenvalue weighted by Crippen LogP contribution is 2.35. The Morgan fingerprint density at radius 1 is 0.821 bits per heavy atom. The molecule has 9 nitrogen and oxygen atoms in total. The predicted molar refractivity (Wildman–Crippen MR) is 143 cm³/mol. The maximum Gasteiger partial charge on any atom is 0.311 e. The average Bonchev–Trinajstić information content (AvgIpc) is 3.30. The van der Waals surface area contributed by atoms with E-state index in [1.807, 2.05) is 29.2 Å². The molecule has 0 radical (unpaired) electrons. The van der Waals surface area contributed by atoms with Gasteiger partial charge in [0.15, 0.2) is 23.0 Å². The second kappa shape index (κ2) is 13.4. The summed E-state index contributed by atoms with van der Waals surface area (Å²) in [6, 6.07) is 11.0. The molecule has 2 aliphatic rings. The van der Waals surface area contributed by atoms with Crippen molar-refractivity contribution in [3.05, 3.63) is 47.5 Å². The van der Waals surface area contributed by atoms with Crippen molar-refractivity contribution in [3.63, 3.8) is 0 Å². The molecule has 0 spiro atoms. The molecular weight excluding hydrogens is 502 g/mol. The molecule has 2 fully saturated rings. The Morgan fingerprint density at radius 3 is 2.10 bits per heavy atom. The molecule has 2 saturated heterocycles. The van der Waals surface area contributed by atoms with Gasteiger partial charge < -0.3 is 28.6 Å². The Bertz CT molecular complexity index is 1170. The van der Waals surface area contributed by atoms with Crippen LogP contribution in [-0.4, -0.2) is 63.8 Å². The van der Waals surface area contributed by atoms with Crippen LogP contribution < -0.4 is 18.9 Å². The zero-order valence-corrected chi connectivity index (χ0v) is 22.9. The molecule has 0 aliphatic carbocycles. The monoisotopic (exact) mass is 539 g/mol. The van der Waals surface area contributed by atoms with Crippen molar-refractivity contribution in [2.45, 2.75) is 44.9 Å². The number of esters is 2. The molecular formula is C30H37NO8. The molecule has 2 atom stereocenters. The van der Waals surface area contributed by atoms with Crippen molar-refractivity contribution in [3.8, 4) is 23.0 Å². The van der Waals surface area contributed by atoms with E-state index in [4.69, 9.17) is 23.7 Å². The molecule has 2 aromatic carbocycles. The summed E-state index contributed by atoms with van der Waals surface area (Å²) in [5.41, 5.74) is 1.90. The average molecular weight is 540 g/mol. The van der Waals surface area contributed by atoms with Crippen molar-refractivity contribution < 1.29 is 38.1 Å². The van der Waals surface area contributed by atoms with Gasteiger partial charge in [0.2, 0.25) is 5.91 Å². The van der Waals surface area contributed by atoms with Gasteiger partial charge >= 0.3 is 11.9 Å². The number of piperidine rings is 1. The highest BCUT2D eigenvalue weighted by Gasteiger charge is 2.37. The summed E-state index contributed by atoms with van der Waals surface area (Å²) >= 11 is 0. The molecule has 9 heteroatoms. The second-order valence-corrected chi connectivity index (χ2v) is 9.99. The number of ether oxygens (including phenoxy) is 5. The van der Waals surface area contributed by atoms with Crippen LogP contribution in [0.15, 0.2) is 36.4 Å². The lowest BCUT2D eigenvalue weighted by Crippen LogP contribution is -2.35. The van der Waals surface area contributed by atoms with E-state index in [1.165, 1.54) is 7.11 Å². The summed E-state index contributed by atoms with van der Waals surface area (Å²) in [7, 11) is 4.69. The van der Waals surface area contributed by atoms with E-state index in [1.54, 1.807) is 26.4 Å². The number of nitrogens with zero attached hydrogens (tertiary/aromatic N) is 1. The SMILES string of the molecule is COc1ccc(C[C@H]2COC(=O)[C@@H]2Cc2ccc(OC(=O)CCC(=O)N3CCCCC3)c(OC)c2)cc1OC. The summed E-state index contributed by atoms with van der Waals surface area (Å²) in [5, 5.41) is 0. The van der Waals surface area contributed by atoms with Gasteiger partial charge in [0.1, 0.15) is 0 Å². The fraction of sp³-hybridized carbons (Fsp3) is 0.500. The van der Waals surface area contributed by atoms with E-state index < -0.39 is 5.97 Å². The number of rotatable bonds is 11. The van der Waals surface area contributed by atoms with E-state index in [0.29, 0.717) is 36.7 Å². The Labute approximate surface area is 229 Å². The minimum absolute atomic E-state index is 0.00320. The van der Waals surface area contributed by atoms with Crippen LogP contribution in [0.1, 0.15) is 43.2 Å². The van der Waals surface area contributed by atoms with Gasteiger partial charge in [-0.3, -0.25) is 14.4 Å². The van der Waals surface area contributed by atoms with Gasteiger partial charge in [0.25, 0.3) is 0 Å². The summed E-state index contributed by atoms with van der Waals surface area (Å²) < 4.78 is 27.1. The van der Waals surface area contributed by atoms with Crippen LogP contribution >= 0.6 is 0 Å². The number of carbonyl (C=O) groups is 3. The van der Waals surface area contributed by atoms with Crippen LogP contribution in [-0.2, 0) is 32.0 Å². The summed E-state index contributed by atoms with van der Waals surface area (Å²) in [6.45, 7) is 1.86. The van der Waals surface area contributed by atoms with Gasteiger partial charge in [-0.05, 0) is 67.5 Å². The van der Waals surface area contributed by atoms with Crippen LogP contribution in [0.2, 0.25) is 0 Å². The zero-order valence-electron chi connectivity index (χ0n) is 22.9. The summed E-state index contributed by atoms with van der Waals surface area (Å²) in [5.74, 6) is 0.918. The molecule has 2 aliphatic heterocycles. The van der Waals surface area contributed by atoms with Crippen LogP contribution in [0.5, 0.6) is 23.0 Å². The van der Waals surface area contributed by atoms with Gasteiger partial charge in [-0.25, -0.2) is 0 Å². The van der Waals surface area contributed by atoms with Crippen molar-refractivity contribution in [2.75, 3.05) is 41.0 Å². The van der Waals surface area contributed by atoms with Crippen LogP contribution in [0.4, 0.5) is 0 Å². The maximum absolute atomic E-state index is 12.6. The van der Waals surface area contributed by atoms with Gasteiger partial charge in [0, 0.05) is 25.4 Å². The van der Waals surface area contributed by atoms with Crippen LogP contribution in [0, 0.1) is 11.8 Å². The molecule has 2 aromatic rings. The van der Waals surface area contributed by atoms with Crippen molar-refractivity contribution in [1.29, 1.82) is 0 Å². The Balaban J connectivity index is 1.36. The molecule has 4 rings (SSSR count). The minimum Gasteiger partial charge on any atom is -0.493 e. The van der Waals surface area contributed by atoms with Gasteiger partial charge in [-0.2, -0.15) is 0 Å². The fourth-order valence-corrected chi connectivity index (χ4v) is 5.23. The minimum atomic E-state index is -0.485. The number of amides is 1. The highest BCUT2D eigenvalue weighted by atomic mass is 16.6. The fourth-order valence-electron chi connectivity index (χ4n) is 5.23. The number of carbonyl (C=O) groups excluding carboxylic acids is 3. The van der Waals surface area contributed by atoms with E-state index in [2.05, 4.69) is 0 Å². The first-order chi connectivity index (χ1) is 18.9. The van der Waals surface area contributed by atoms with E-state index in [-0.39, 0.29) is 42.3 Å². The molecule has 210 valence electrons. The Hall–Kier alpha value is -3.75. The smallest absolute Gasteiger partial charge is 0.311 e. The molecule has 0 aromatic heterocycles. The van der Waals surface area contributed by atoms with Gasteiger partial charge in [-0.1, -0.05) is 12.1 Å². The topological polar surface area (TPSA) is 101 Å². The van der Waals surface area contributed by atoms with Gasteiger partial charge in [-0.15, -0.1) is 0 Å². The van der Waals surface area contributed by atoms with Crippen molar-refractivity contribution in [1.82, 2.24) is 4.90 Å². The molecule has 1 amide bonds. The van der Waals surface area contributed by atoms with Crippen LogP contribution in [0.3, 0.4) is 0 Å². The van der Waals surface area contributed by atoms with Crippen molar-refractivity contribution in [2.24, 2.45) is 11.8 Å². The number of cyclic esters (lactones) is 1. The first-order valence-electron chi connectivity index (χ1n) is 13.4. The number of benzene rings is 2.